The molecule has 12 nitrogen and oxygen atoms in total. The molecular weight excluding hydrogens is 490 g/mol. The minimum absolute atomic E-state index is 0.517. The lowest BCUT2D eigenvalue weighted by molar-refractivity contribution is -0.0272. The molecule has 0 heterocycles. The van der Waals surface area contributed by atoms with E-state index in [0.29, 0.717) is 152 Å². The molecule has 0 aliphatic heterocycles. The third-order valence-electron chi connectivity index (χ3n) is 4.22. The van der Waals surface area contributed by atoms with Crippen molar-refractivity contribution in [3.05, 3.63) is 12.7 Å². The van der Waals surface area contributed by atoms with Crippen molar-refractivity contribution in [3.63, 3.8) is 0 Å². The fraction of sp³-hybridized carbons (Fsp3) is 0.920. The minimum atomic E-state index is 0.517. The molecule has 0 saturated carbocycles. The molecule has 0 unspecified atom stereocenters. The second kappa shape index (κ2) is 35.3. The fourth-order valence-electron chi connectivity index (χ4n) is 2.45. The quantitative estimate of drug-likeness (QED) is 0.0890. The van der Waals surface area contributed by atoms with Gasteiger partial charge in [0.15, 0.2) is 0 Å². The van der Waals surface area contributed by atoms with Gasteiger partial charge in [0.25, 0.3) is 0 Å². The van der Waals surface area contributed by atoms with Crippen LogP contribution >= 0.6 is 0 Å². The van der Waals surface area contributed by atoms with Gasteiger partial charge < -0.3 is 57.8 Å². The highest BCUT2D eigenvalue weighted by Crippen LogP contribution is 1.87. The molecule has 0 spiro atoms. The molecule has 0 aromatic carbocycles. The molecule has 222 valence electrons. The maximum atomic E-state index is 5.45. The molecule has 0 radical (unpaired) electrons. The average molecular weight is 542 g/mol. The Morgan fingerprint density at radius 3 is 0.703 bits per heavy atom. The summed E-state index contributed by atoms with van der Waals surface area (Å²) in [5.41, 5.74) is 5.32. The number of nitrogens with two attached hydrogens (primary N) is 1. The van der Waals surface area contributed by atoms with Gasteiger partial charge >= 0.3 is 0 Å². The van der Waals surface area contributed by atoms with Crippen molar-refractivity contribution in [3.8, 4) is 0 Å². The molecule has 0 atom stereocenters. The molecular formula is C25H51NO11. The van der Waals surface area contributed by atoms with Crippen LogP contribution in [0.1, 0.15) is 0 Å². The van der Waals surface area contributed by atoms with Gasteiger partial charge in [-0.1, -0.05) is 6.08 Å². The molecule has 0 fully saturated rings. The summed E-state index contributed by atoms with van der Waals surface area (Å²) >= 11 is 0. The zero-order valence-corrected chi connectivity index (χ0v) is 22.6. The summed E-state index contributed by atoms with van der Waals surface area (Å²) < 4.78 is 59.1. The third-order valence-corrected chi connectivity index (χ3v) is 4.22. The normalized spacial score (nSPS) is 11.4. The van der Waals surface area contributed by atoms with E-state index >= 15 is 0 Å². The van der Waals surface area contributed by atoms with E-state index in [1.807, 2.05) is 0 Å². The van der Waals surface area contributed by atoms with Gasteiger partial charge in [-0.3, -0.25) is 0 Å². The highest BCUT2D eigenvalue weighted by Gasteiger charge is 1.96. The Kier molecular flexibility index (Phi) is 34.6. The topological polar surface area (TPSA) is 128 Å². The van der Waals surface area contributed by atoms with E-state index < -0.39 is 0 Å². The molecule has 0 amide bonds. The SMILES string of the molecule is C=CCOCCOCCOCCOCCOCCOCCOCCOCCOCCOCCOCCN. The Balaban J connectivity index is 3.01. The van der Waals surface area contributed by atoms with Gasteiger partial charge in [0.2, 0.25) is 0 Å². The molecule has 0 aliphatic carbocycles. The molecule has 37 heavy (non-hydrogen) atoms. The van der Waals surface area contributed by atoms with Crippen LogP contribution in [0.4, 0.5) is 0 Å². The number of rotatable bonds is 34. The summed E-state index contributed by atoms with van der Waals surface area (Å²) in [7, 11) is 0. The first-order chi connectivity index (χ1) is 18.4. The molecule has 0 rings (SSSR count). The fourth-order valence-corrected chi connectivity index (χ4v) is 2.45. The summed E-state index contributed by atoms with van der Waals surface area (Å²) in [6.07, 6.45) is 1.71. The van der Waals surface area contributed by atoms with Crippen molar-refractivity contribution in [2.24, 2.45) is 5.73 Å². The second-order valence-corrected chi connectivity index (χ2v) is 7.28. The van der Waals surface area contributed by atoms with E-state index in [-0.39, 0.29) is 0 Å². The van der Waals surface area contributed by atoms with E-state index in [1.165, 1.54) is 0 Å². The first-order valence-corrected chi connectivity index (χ1v) is 13.1. The van der Waals surface area contributed by atoms with Crippen LogP contribution in [0.2, 0.25) is 0 Å². The van der Waals surface area contributed by atoms with Gasteiger partial charge in [-0.2, -0.15) is 0 Å². The van der Waals surface area contributed by atoms with Crippen molar-refractivity contribution in [1.29, 1.82) is 0 Å². The smallest absolute Gasteiger partial charge is 0.0704 e. The lowest BCUT2D eigenvalue weighted by Crippen LogP contribution is -2.15. The van der Waals surface area contributed by atoms with Gasteiger partial charge in [-0.15, -0.1) is 6.58 Å². The lowest BCUT2D eigenvalue weighted by atomic mass is 10.6. The van der Waals surface area contributed by atoms with Crippen molar-refractivity contribution >= 4 is 0 Å². The number of hydrogen-bond donors (Lipinski definition) is 1. The molecule has 0 bridgehead atoms. The standard InChI is InChI=1S/C25H51NO11/c1-2-4-27-6-8-29-10-12-31-14-16-33-18-20-35-22-24-37-25-23-36-21-19-34-17-15-32-13-11-30-9-7-28-5-3-26/h2H,1,3-26H2. The van der Waals surface area contributed by atoms with Crippen LogP contribution in [0.5, 0.6) is 0 Å². The van der Waals surface area contributed by atoms with Gasteiger partial charge in [-0.25, -0.2) is 0 Å². The molecule has 12 heteroatoms. The van der Waals surface area contributed by atoms with E-state index in [9.17, 15) is 0 Å². The lowest BCUT2D eigenvalue weighted by Gasteiger charge is -2.09. The largest absolute Gasteiger partial charge is 0.378 e. The Morgan fingerprint density at radius 1 is 0.324 bits per heavy atom. The molecule has 0 aliphatic rings. The summed E-state index contributed by atoms with van der Waals surface area (Å²) in [4.78, 5) is 0. The first kappa shape index (κ1) is 36.3. The van der Waals surface area contributed by atoms with Gasteiger partial charge in [-0.05, 0) is 0 Å². The monoisotopic (exact) mass is 541 g/mol. The zero-order chi connectivity index (χ0) is 26.7. The molecule has 0 saturated heterocycles. The van der Waals surface area contributed by atoms with E-state index in [2.05, 4.69) is 6.58 Å². The van der Waals surface area contributed by atoms with Gasteiger partial charge in [0.05, 0.1) is 145 Å². The summed E-state index contributed by atoms with van der Waals surface area (Å²) in [6.45, 7) is 15.8. The summed E-state index contributed by atoms with van der Waals surface area (Å²) in [5.74, 6) is 0. The predicted octanol–water partition coefficient (Wildman–Crippen LogP) is 0.314. The van der Waals surface area contributed by atoms with E-state index in [4.69, 9.17) is 57.8 Å². The molecule has 0 aromatic heterocycles. The average Bonchev–Trinajstić information content (AvgIpc) is 2.91. The van der Waals surface area contributed by atoms with Crippen LogP contribution in [0, 0.1) is 0 Å². The Hall–Kier alpha value is -0.740. The van der Waals surface area contributed by atoms with Crippen molar-refractivity contribution < 1.29 is 52.1 Å². The first-order valence-electron chi connectivity index (χ1n) is 13.1. The summed E-state index contributed by atoms with van der Waals surface area (Å²) in [6, 6.07) is 0. The van der Waals surface area contributed by atoms with Gasteiger partial charge in [0.1, 0.15) is 0 Å². The number of hydrogen-bond acceptors (Lipinski definition) is 12. The Labute approximate surface area is 222 Å². The highest BCUT2D eigenvalue weighted by atomic mass is 16.6. The molecule has 2 N–H and O–H groups in total. The second-order valence-electron chi connectivity index (χ2n) is 7.28. The maximum absolute atomic E-state index is 5.45. The Morgan fingerprint density at radius 2 is 0.514 bits per heavy atom. The predicted molar refractivity (Wildman–Crippen MR) is 138 cm³/mol. The Bertz CT molecular complexity index is 422. The van der Waals surface area contributed by atoms with Crippen molar-refractivity contribution in [1.82, 2.24) is 0 Å². The van der Waals surface area contributed by atoms with Crippen LogP contribution in [-0.2, 0) is 52.1 Å². The van der Waals surface area contributed by atoms with Crippen LogP contribution in [0.3, 0.4) is 0 Å². The van der Waals surface area contributed by atoms with E-state index in [1.54, 1.807) is 6.08 Å². The summed E-state index contributed by atoms with van der Waals surface area (Å²) in [5, 5.41) is 0. The van der Waals surface area contributed by atoms with Crippen molar-refractivity contribution in [2.45, 2.75) is 0 Å². The molecule has 0 aromatic rings. The van der Waals surface area contributed by atoms with Crippen LogP contribution < -0.4 is 5.73 Å². The highest BCUT2D eigenvalue weighted by molar-refractivity contribution is 4.63. The zero-order valence-electron chi connectivity index (χ0n) is 22.6. The van der Waals surface area contributed by atoms with Crippen LogP contribution in [0.15, 0.2) is 12.7 Å². The van der Waals surface area contributed by atoms with Crippen LogP contribution in [-0.4, -0.2) is 152 Å². The van der Waals surface area contributed by atoms with Crippen molar-refractivity contribution in [2.75, 3.05) is 152 Å². The van der Waals surface area contributed by atoms with Gasteiger partial charge in [0, 0.05) is 6.54 Å². The van der Waals surface area contributed by atoms with Crippen LogP contribution in [0.25, 0.3) is 0 Å². The number of ether oxygens (including phenoxy) is 11. The van der Waals surface area contributed by atoms with E-state index in [0.717, 1.165) is 0 Å². The minimum Gasteiger partial charge on any atom is -0.378 e. The maximum Gasteiger partial charge on any atom is 0.0704 e. The third kappa shape index (κ3) is 35.3.